The summed E-state index contributed by atoms with van der Waals surface area (Å²) in [6, 6.07) is 4.53. The Hall–Kier alpha value is -2.77. The molecule has 8 heteroatoms. The van der Waals surface area contributed by atoms with E-state index in [1.807, 2.05) is 0 Å². The number of rotatable bonds is 6. The largest absolute Gasteiger partial charge is 0.495 e. The van der Waals surface area contributed by atoms with Crippen LogP contribution in [0.1, 0.15) is 49.4 Å². The van der Waals surface area contributed by atoms with Crippen LogP contribution in [0, 0.1) is 5.92 Å². The van der Waals surface area contributed by atoms with Crippen LogP contribution in [0.15, 0.2) is 18.2 Å². The molecule has 0 radical (unpaired) electrons. The summed E-state index contributed by atoms with van der Waals surface area (Å²) in [5, 5.41) is 15.3. The predicted octanol–water partition coefficient (Wildman–Crippen LogP) is 2.38. The molecule has 1 saturated heterocycles. The van der Waals surface area contributed by atoms with Gasteiger partial charge in [0, 0.05) is 18.7 Å². The number of ether oxygens (including phenoxy) is 1. The molecule has 1 aromatic carbocycles. The Bertz CT molecular complexity index is 771. The first-order valence-electron chi connectivity index (χ1n) is 9.69. The van der Waals surface area contributed by atoms with Crippen molar-refractivity contribution in [2.75, 3.05) is 25.1 Å². The monoisotopic (exact) mass is 389 g/mol. The molecule has 8 nitrogen and oxygen atoms in total. The lowest BCUT2D eigenvalue weighted by Crippen LogP contribution is -2.56. The molecule has 0 atom stereocenters. The van der Waals surface area contributed by atoms with E-state index in [-0.39, 0.29) is 6.03 Å². The van der Waals surface area contributed by atoms with Crippen LogP contribution >= 0.6 is 0 Å². The van der Waals surface area contributed by atoms with Crippen molar-refractivity contribution in [3.05, 3.63) is 23.8 Å². The highest BCUT2D eigenvalue weighted by Crippen LogP contribution is 2.35. The summed E-state index contributed by atoms with van der Waals surface area (Å²) in [5.41, 5.74) is -0.452. The summed E-state index contributed by atoms with van der Waals surface area (Å²) < 4.78 is 5.33. The summed E-state index contributed by atoms with van der Waals surface area (Å²) >= 11 is 0. The van der Waals surface area contributed by atoms with Crippen LogP contribution in [0.2, 0.25) is 0 Å². The second-order valence-electron chi connectivity index (χ2n) is 7.46. The third-order valence-corrected chi connectivity index (χ3v) is 5.89. The lowest BCUT2D eigenvalue weighted by molar-refractivity contribution is -0.146. The number of carbonyl (C=O) groups is 3. The van der Waals surface area contributed by atoms with Gasteiger partial charge in [-0.15, -0.1) is 0 Å². The summed E-state index contributed by atoms with van der Waals surface area (Å²) in [7, 11) is 1.50. The third-order valence-electron chi connectivity index (χ3n) is 5.89. The van der Waals surface area contributed by atoms with Crippen LogP contribution in [0.5, 0.6) is 5.75 Å². The Labute approximate surface area is 164 Å². The Morgan fingerprint density at radius 3 is 2.61 bits per heavy atom. The maximum atomic E-state index is 12.9. The molecule has 0 aromatic heterocycles. The first-order valence-corrected chi connectivity index (χ1v) is 9.69. The number of carbonyl (C=O) groups excluding carboxylic acids is 2. The topological polar surface area (TPSA) is 108 Å². The smallest absolute Gasteiger partial charge is 0.329 e. The van der Waals surface area contributed by atoms with Crippen LogP contribution in [0.4, 0.5) is 10.5 Å². The molecule has 1 heterocycles. The number of carboxylic acid groups (broad SMARTS) is 1. The van der Waals surface area contributed by atoms with Crippen molar-refractivity contribution in [2.45, 2.75) is 44.6 Å². The van der Waals surface area contributed by atoms with Crippen LogP contribution in [0.3, 0.4) is 0 Å². The molecule has 0 unspecified atom stereocenters. The molecule has 1 aliphatic heterocycles. The van der Waals surface area contributed by atoms with Crippen LogP contribution in [-0.2, 0) is 4.79 Å². The molecule has 152 valence electrons. The van der Waals surface area contributed by atoms with Crippen molar-refractivity contribution in [1.82, 2.24) is 10.6 Å². The Balaban J connectivity index is 1.83. The molecule has 0 spiro atoms. The van der Waals surface area contributed by atoms with Gasteiger partial charge < -0.3 is 20.5 Å². The highest BCUT2D eigenvalue weighted by Gasteiger charge is 2.43. The second-order valence-corrected chi connectivity index (χ2v) is 7.46. The van der Waals surface area contributed by atoms with Gasteiger partial charge in [0.2, 0.25) is 0 Å². The van der Waals surface area contributed by atoms with Gasteiger partial charge in [-0.25, -0.2) is 9.59 Å². The Kier molecular flexibility index (Phi) is 5.76. The first kappa shape index (κ1) is 20.0. The van der Waals surface area contributed by atoms with Gasteiger partial charge >= 0.3 is 12.0 Å². The van der Waals surface area contributed by atoms with Crippen molar-refractivity contribution >= 4 is 23.6 Å². The van der Waals surface area contributed by atoms with E-state index < -0.39 is 17.4 Å². The van der Waals surface area contributed by atoms with Gasteiger partial charge in [-0.2, -0.15) is 0 Å². The number of amides is 3. The van der Waals surface area contributed by atoms with Crippen molar-refractivity contribution < 1.29 is 24.2 Å². The fourth-order valence-electron chi connectivity index (χ4n) is 4.00. The first-order chi connectivity index (χ1) is 13.4. The van der Waals surface area contributed by atoms with E-state index in [0.717, 1.165) is 19.3 Å². The van der Waals surface area contributed by atoms with E-state index in [2.05, 4.69) is 17.6 Å². The van der Waals surface area contributed by atoms with Gasteiger partial charge in [-0.3, -0.25) is 9.69 Å². The molecular weight excluding hydrogens is 362 g/mol. The zero-order valence-corrected chi connectivity index (χ0v) is 16.3. The van der Waals surface area contributed by atoms with Crippen molar-refractivity contribution in [3.63, 3.8) is 0 Å². The maximum Gasteiger partial charge on any atom is 0.329 e. The van der Waals surface area contributed by atoms with Gasteiger partial charge in [-0.1, -0.05) is 13.3 Å². The minimum Gasteiger partial charge on any atom is -0.495 e. The van der Waals surface area contributed by atoms with E-state index in [0.29, 0.717) is 48.8 Å². The highest BCUT2D eigenvalue weighted by atomic mass is 16.5. The number of hydrogen-bond acceptors (Lipinski definition) is 4. The van der Waals surface area contributed by atoms with E-state index >= 15 is 0 Å². The zero-order valence-electron chi connectivity index (χ0n) is 16.3. The molecule has 3 amide bonds. The third kappa shape index (κ3) is 3.76. The molecule has 1 aromatic rings. The van der Waals surface area contributed by atoms with Crippen LogP contribution in [-0.4, -0.2) is 48.8 Å². The standard InChI is InChI=1S/C20H27N3O5/c1-3-13-6-8-20(9-7-13,18(25)26)22-17(24)14-4-5-16(28-2)15(12-14)23-11-10-21-19(23)27/h4-5,12-13H,3,6-11H2,1-2H3,(H,21,27)(H,22,24)(H,25,26). The molecule has 0 bridgehead atoms. The number of aliphatic carboxylic acids is 1. The van der Waals surface area contributed by atoms with E-state index in [1.165, 1.54) is 12.0 Å². The molecule has 28 heavy (non-hydrogen) atoms. The number of urea groups is 1. The molecule has 2 aliphatic rings. The summed E-state index contributed by atoms with van der Waals surface area (Å²) in [4.78, 5) is 38.4. The van der Waals surface area contributed by atoms with Gasteiger partial charge in [0.15, 0.2) is 0 Å². The zero-order chi connectivity index (χ0) is 20.3. The average molecular weight is 389 g/mol. The van der Waals surface area contributed by atoms with Gasteiger partial charge in [0.05, 0.1) is 12.8 Å². The summed E-state index contributed by atoms with van der Waals surface area (Å²) in [6.07, 6.45) is 3.42. The number of benzene rings is 1. The minimum atomic E-state index is -1.24. The Morgan fingerprint density at radius 1 is 1.36 bits per heavy atom. The van der Waals surface area contributed by atoms with Crippen LogP contribution in [0.25, 0.3) is 0 Å². The fourth-order valence-corrected chi connectivity index (χ4v) is 4.00. The Morgan fingerprint density at radius 2 is 2.07 bits per heavy atom. The number of nitrogens with zero attached hydrogens (tertiary/aromatic N) is 1. The molecule has 2 fully saturated rings. The van der Waals surface area contributed by atoms with Crippen molar-refractivity contribution in [3.8, 4) is 5.75 Å². The van der Waals surface area contributed by atoms with Crippen molar-refractivity contribution in [2.24, 2.45) is 5.92 Å². The number of carboxylic acids is 1. The normalized spacial score (nSPS) is 24.6. The molecule has 1 aliphatic carbocycles. The molecule has 3 rings (SSSR count). The fraction of sp³-hybridized carbons (Fsp3) is 0.550. The summed E-state index contributed by atoms with van der Waals surface area (Å²) in [5.74, 6) is -0.473. The maximum absolute atomic E-state index is 12.9. The number of methoxy groups -OCH3 is 1. The molecule has 1 saturated carbocycles. The van der Waals surface area contributed by atoms with Gasteiger partial charge in [0.25, 0.3) is 5.91 Å². The van der Waals surface area contributed by atoms with Crippen molar-refractivity contribution in [1.29, 1.82) is 0 Å². The van der Waals surface area contributed by atoms with E-state index in [1.54, 1.807) is 18.2 Å². The van der Waals surface area contributed by atoms with E-state index in [4.69, 9.17) is 4.74 Å². The predicted molar refractivity (Wildman–Crippen MR) is 104 cm³/mol. The van der Waals surface area contributed by atoms with E-state index in [9.17, 15) is 19.5 Å². The number of anilines is 1. The van der Waals surface area contributed by atoms with Crippen LogP contribution < -0.4 is 20.3 Å². The van der Waals surface area contributed by atoms with Gasteiger partial charge in [0.1, 0.15) is 11.3 Å². The molecular formula is C20H27N3O5. The number of nitrogens with one attached hydrogen (secondary N) is 2. The quantitative estimate of drug-likeness (QED) is 0.692. The lowest BCUT2D eigenvalue weighted by atomic mass is 9.75. The second kappa shape index (κ2) is 8.08. The highest BCUT2D eigenvalue weighted by molar-refractivity contribution is 6.01. The average Bonchev–Trinajstić information content (AvgIpc) is 3.13. The van der Waals surface area contributed by atoms with Gasteiger partial charge in [-0.05, 0) is 49.8 Å². The number of hydrogen-bond donors (Lipinski definition) is 3. The summed E-state index contributed by atoms with van der Waals surface area (Å²) in [6.45, 7) is 3.08. The SMILES string of the molecule is CCC1CCC(NC(=O)c2ccc(OC)c(N3CCNC3=O)c2)(C(=O)O)CC1. The molecule has 3 N–H and O–H groups in total. The lowest BCUT2D eigenvalue weighted by Gasteiger charge is -2.37. The minimum absolute atomic E-state index is 0.254.